The highest BCUT2D eigenvalue weighted by molar-refractivity contribution is 6.01. The van der Waals surface area contributed by atoms with Gasteiger partial charge in [0.25, 0.3) is 0 Å². The molecule has 22 heavy (non-hydrogen) atoms. The van der Waals surface area contributed by atoms with Crippen LogP contribution in [0.5, 0.6) is 0 Å². The van der Waals surface area contributed by atoms with Crippen LogP contribution in [0.25, 0.3) is 0 Å². The summed E-state index contributed by atoms with van der Waals surface area (Å²) in [5, 5.41) is 14.4. The number of fused-ring (bicyclic) bond motifs is 4. The first-order chi connectivity index (χ1) is 10.5. The zero-order chi connectivity index (χ0) is 15.5. The van der Waals surface area contributed by atoms with Crippen LogP contribution in [0.2, 0.25) is 0 Å². The number of aliphatic hydroxyl groups is 1. The van der Waals surface area contributed by atoms with Gasteiger partial charge < -0.3 is 5.11 Å². The van der Waals surface area contributed by atoms with Gasteiger partial charge in [0.05, 0.1) is 12.0 Å². The summed E-state index contributed by atoms with van der Waals surface area (Å²) in [4.78, 5) is 13.0. The predicted octanol–water partition coefficient (Wildman–Crippen LogP) is 3.22. The van der Waals surface area contributed by atoms with Crippen molar-refractivity contribution in [1.29, 1.82) is 0 Å². The van der Waals surface area contributed by atoms with Crippen molar-refractivity contribution in [3.63, 3.8) is 0 Å². The topological polar surface area (TPSA) is 55.1 Å². The monoisotopic (exact) mass is 300 g/mol. The van der Waals surface area contributed by atoms with Crippen LogP contribution in [0.4, 0.5) is 0 Å². The highest BCUT2D eigenvalue weighted by Crippen LogP contribution is 2.61. The van der Waals surface area contributed by atoms with Crippen LogP contribution < -0.4 is 0 Å². The van der Waals surface area contributed by atoms with E-state index in [2.05, 4.69) is 13.1 Å². The Morgan fingerprint density at radius 3 is 2.82 bits per heavy atom. The lowest BCUT2D eigenvalue weighted by Crippen LogP contribution is -2.54. The summed E-state index contributed by atoms with van der Waals surface area (Å²) in [6, 6.07) is 0. The molecule has 2 atom stereocenters. The first-order valence-electron chi connectivity index (χ1n) is 8.42. The summed E-state index contributed by atoms with van der Waals surface area (Å²) in [7, 11) is 1.97. The van der Waals surface area contributed by atoms with E-state index in [9.17, 15) is 9.90 Å². The number of carbonyl (C=O) groups is 1. The zero-order valence-corrected chi connectivity index (χ0v) is 13.4. The van der Waals surface area contributed by atoms with Crippen molar-refractivity contribution in [3.8, 4) is 0 Å². The van der Waals surface area contributed by atoms with Crippen LogP contribution in [-0.4, -0.2) is 20.7 Å². The van der Waals surface area contributed by atoms with E-state index in [1.165, 1.54) is 5.56 Å². The third kappa shape index (κ3) is 1.58. The molecule has 1 N–H and O–H groups in total. The van der Waals surface area contributed by atoms with Crippen LogP contribution in [0.3, 0.4) is 0 Å². The second-order valence-corrected chi connectivity index (χ2v) is 7.71. The van der Waals surface area contributed by atoms with E-state index in [0.717, 1.165) is 50.5 Å². The summed E-state index contributed by atoms with van der Waals surface area (Å²) in [6.07, 6.45) is 10.1. The van der Waals surface area contributed by atoms with Crippen LogP contribution >= 0.6 is 0 Å². The van der Waals surface area contributed by atoms with Gasteiger partial charge >= 0.3 is 0 Å². The minimum atomic E-state index is -0.253. The molecular weight excluding hydrogens is 276 g/mol. The van der Waals surface area contributed by atoms with Crippen molar-refractivity contribution in [1.82, 2.24) is 9.78 Å². The first-order valence-corrected chi connectivity index (χ1v) is 8.42. The number of hydrogen-bond acceptors (Lipinski definition) is 3. The molecular formula is C18H24N2O2. The number of rotatable bonds is 0. The van der Waals surface area contributed by atoms with Gasteiger partial charge in [-0.05, 0) is 43.6 Å². The third-order valence-corrected chi connectivity index (χ3v) is 6.54. The lowest BCUT2D eigenvalue weighted by molar-refractivity contribution is -0.134. The predicted molar refractivity (Wildman–Crippen MR) is 83.6 cm³/mol. The van der Waals surface area contributed by atoms with Crippen molar-refractivity contribution < 1.29 is 9.90 Å². The molecule has 0 aliphatic heterocycles. The van der Waals surface area contributed by atoms with Gasteiger partial charge in [-0.2, -0.15) is 5.10 Å². The molecule has 0 amide bonds. The number of aryl methyl sites for hydroxylation is 2. The lowest BCUT2D eigenvalue weighted by atomic mass is 9.48. The van der Waals surface area contributed by atoms with E-state index in [1.54, 1.807) is 0 Å². The molecule has 4 rings (SSSR count). The average Bonchev–Trinajstić information content (AvgIpc) is 3.11. The Kier molecular flexibility index (Phi) is 2.85. The quantitative estimate of drug-likeness (QED) is 0.591. The Morgan fingerprint density at radius 1 is 1.41 bits per heavy atom. The van der Waals surface area contributed by atoms with E-state index < -0.39 is 0 Å². The van der Waals surface area contributed by atoms with Gasteiger partial charge in [-0.3, -0.25) is 9.48 Å². The standard InChI is InChI=1S/C18H24N2O2/c1-17-9-13(11-21)16(22)18(7-3-4-8-18)14(17)6-5-12-10-20(2)19-15(12)17/h10-11,14,21H,3-9H2,1-2H3/b13-11-/t14-,17+/m1/s1. The summed E-state index contributed by atoms with van der Waals surface area (Å²) < 4.78 is 1.90. The molecule has 0 radical (unpaired) electrons. The number of hydrogen-bond donors (Lipinski definition) is 1. The average molecular weight is 300 g/mol. The molecule has 118 valence electrons. The fourth-order valence-electron chi connectivity index (χ4n) is 5.72. The van der Waals surface area contributed by atoms with Gasteiger partial charge in [0.15, 0.2) is 5.78 Å². The molecule has 1 spiro atoms. The number of aromatic nitrogens is 2. The molecule has 0 saturated heterocycles. The Balaban J connectivity index is 1.90. The molecule has 2 saturated carbocycles. The molecule has 4 heteroatoms. The molecule has 3 aliphatic carbocycles. The summed E-state index contributed by atoms with van der Waals surface area (Å²) in [5.41, 5.74) is 2.71. The number of carbonyl (C=O) groups excluding carboxylic acids is 1. The minimum absolute atomic E-state index is 0.123. The Morgan fingerprint density at radius 2 is 2.14 bits per heavy atom. The lowest BCUT2D eigenvalue weighted by Gasteiger charge is -2.53. The molecule has 3 aliphatic rings. The van der Waals surface area contributed by atoms with E-state index in [-0.39, 0.29) is 16.6 Å². The number of ketones is 1. The van der Waals surface area contributed by atoms with Crippen molar-refractivity contribution >= 4 is 5.78 Å². The highest BCUT2D eigenvalue weighted by atomic mass is 16.2. The van der Waals surface area contributed by atoms with Gasteiger partial charge in [-0.15, -0.1) is 0 Å². The summed E-state index contributed by atoms with van der Waals surface area (Å²) in [6.45, 7) is 2.26. The molecule has 1 aromatic heterocycles. The second-order valence-electron chi connectivity index (χ2n) is 7.71. The van der Waals surface area contributed by atoms with Crippen LogP contribution in [0.1, 0.15) is 56.7 Å². The van der Waals surface area contributed by atoms with E-state index in [1.807, 2.05) is 11.7 Å². The number of nitrogens with zero attached hydrogens (tertiary/aromatic N) is 2. The smallest absolute Gasteiger partial charge is 0.168 e. The normalized spacial score (nSPS) is 34.9. The maximum absolute atomic E-state index is 13.0. The van der Waals surface area contributed by atoms with Crippen LogP contribution in [0, 0.1) is 11.3 Å². The van der Waals surface area contributed by atoms with E-state index in [4.69, 9.17) is 5.10 Å². The third-order valence-electron chi connectivity index (χ3n) is 6.54. The van der Waals surface area contributed by atoms with Gasteiger partial charge in [0, 0.05) is 29.6 Å². The molecule has 0 unspecified atom stereocenters. The molecule has 0 bridgehead atoms. The van der Waals surface area contributed by atoms with Crippen LogP contribution in [0.15, 0.2) is 18.0 Å². The Labute approximate surface area is 131 Å². The van der Waals surface area contributed by atoms with E-state index >= 15 is 0 Å². The fraction of sp³-hybridized carbons (Fsp3) is 0.667. The van der Waals surface area contributed by atoms with Crippen molar-refractivity contribution in [2.24, 2.45) is 18.4 Å². The number of Topliss-reactive ketones (excluding diaryl/α,β-unsaturated/α-hetero) is 1. The molecule has 4 nitrogen and oxygen atoms in total. The highest BCUT2D eigenvalue weighted by Gasteiger charge is 2.61. The first kappa shape index (κ1) is 14.0. The summed E-state index contributed by atoms with van der Waals surface area (Å²) >= 11 is 0. The maximum Gasteiger partial charge on any atom is 0.168 e. The second kappa shape index (κ2) is 4.46. The Bertz CT molecular complexity index is 667. The van der Waals surface area contributed by atoms with Crippen molar-refractivity contribution in [2.45, 2.75) is 57.3 Å². The molecule has 1 heterocycles. The van der Waals surface area contributed by atoms with Crippen LogP contribution in [-0.2, 0) is 23.7 Å². The van der Waals surface area contributed by atoms with Gasteiger partial charge in [-0.1, -0.05) is 19.8 Å². The maximum atomic E-state index is 13.0. The Hall–Kier alpha value is -1.58. The molecule has 2 fully saturated rings. The van der Waals surface area contributed by atoms with Gasteiger partial charge in [0.2, 0.25) is 0 Å². The van der Waals surface area contributed by atoms with Gasteiger partial charge in [0.1, 0.15) is 0 Å². The number of allylic oxidation sites excluding steroid dienone is 1. The number of aliphatic hydroxyl groups excluding tert-OH is 1. The molecule has 0 aromatic carbocycles. The zero-order valence-electron chi connectivity index (χ0n) is 13.4. The van der Waals surface area contributed by atoms with Crippen molar-refractivity contribution in [3.05, 3.63) is 29.3 Å². The largest absolute Gasteiger partial charge is 0.515 e. The summed E-state index contributed by atoms with van der Waals surface area (Å²) in [5.74, 6) is 0.579. The van der Waals surface area contributed by atoms with Crippen molar-refractivity contribution in [2.75, 3.05) is 0 Å². The van der Waals surface area contributed by atoms with E-state index in [0.29, 0.717) is 17.9 Å². The van der Waals surface area contributed by atoms with Gasteiger partial charge in [-0.25, -0.2) is 0 Å². The fourth-order valence-corrected chi connectivity index (χ4v) is 5.72. The SMILES string of the molecule is Cn1cc2c(n1)[C@@]1(C)C/C(=C/O)C(=O)C3(CCCC3)[C@@H]1CC2. The molecule has 1 aromatic rings. The minimum Gasteiger partial charge on any atom is -0.515 e.